The highest BCUT2D eigenvalue weighted by Gasteiger charge is 2.24. The largest absolute Gasteiger partial charge is 0.493 e. The van der Waals surface area contributed by atoms with E-state index in [-0.39, 0.29) is 12.1 Å². The predicted molar refractivity (Wildman–Crippen MR) is 81.8 cm³/mol. The molecule has 2 aromatic carbocycles. The third-order valence-electron chi connectivity index (χ3n) is 3.53. The van der Waals surface area contributed by atoms with E-state index in [2.05, 4.69) is 0 Å². The standard InChI is InChI=1S/C18H18O4/c1-13(19)22-17-9-10-20-18-11-15(7-8-16(17)18)21-12-14-5-3-2-4-6-14/h2-8,11,17H,9-10,12H2,1H3/t17-/m0/s1. The number of fused-ring (bicyclic) bond motifs is 1. The quantitative estimate of drug-likeness (QED) is 0.808. The fourth-order valence-corrected chi connectivity index (χ4v) is 2.49. The molecule has 0 unspecified atom stereocenters. The van der Waals surface area contributed by atoms with Gasteiger partial charge >= 0.3 is 5.97 Å². The molecule has 114 valence electrons. The third-order valence-corrected chi connectivity index (χ3v) is 3.53. The van der Waals surface area contributed by atoms with E-state index in [9.17, 15) is 4.79 Å². The molecular formula is C18H18O4. The van der Waals surface area contributed by atoms with Crippen LogP contribution in [0.15, 0.2) is 48.5 Å². The van der Waals surface area contributed by atoms with Crippen molar-refractivity contribution in [1.29, 1.82) is 0 Å². The zero-order valence-corrected chi connectivity index (χ0v) is 12.5. The Balaban J connectivity index is 1.72. The Kier molecular flexibility index (Phi) is 4.28. The van der Waals surface area contributed by atoms with Crippen molar-refractivity contribution in [1.82, 2.24) is 0 Å². The molecule has 0 saturated carbocycles. The van der Waals surface area contributed by atoms with Crippen molar-refractivity contribution in [3.63, 3.8) is 0 Å². The molecule has 0 fully saturated rings. The lowest BCUT2D eigenvalue weighted by molar-refractivity contribution is -0.148. The van der Waals surface area contributed by atoms with E-state index < -0.39 is 0 Å². The van der Waals surface area contributed by atoms with E-state index in [0.29, 0.717) is 19.6 Å². The number of benzene rings is 2. The molecule has 0 spiro atoms. The Morgan fingerprint density at radius 1 is 1.23 bits per heavy atom. The van der Waals surface area contributed by atoms with E-state index in [1.807, 2.05) is 48.5 Å². The van der Waals surface area contributed by atoms with E-state index in [1.54, 1.807) is 0 Å². The Morgan fingerprint density at radius 2 is 2.05 bits per heavy atom. The summed E-state index contributed by atoms with van der Waals surface area (Å²) in [5.41, 5.74) is 2.01. The summed E-state index contributed by atoms with van der Waals surface area (Å²) < 4.78 is 16.8. The first-order valence-corrected chi connectivity index (χ1v) is 7.33. The molecule has 0 bridgehead atoms. The maximum atomic E-state index is 11.2. The Hall–Kier alpha value is -2.49. The number of carbonyl (C=O) groups is 1. The molecule has 0 aliphatic carbocycles. The molecule has 1 heterocycles. The summed E-state index contributed by atoms with van der Waals surface area (Å²) in [4.78, 5) is 11.2. The monoisotopic (exact) mass is 298 g/mol. The van der Waals surface area contributed by atoms with Gasteiger partial charge < -0.3 is 14.2 Å². The summed E-state index contributed by atoms with van der Waals surface area (Å²) in [5.74, 6) is 1.19. The van der Waals surface area contributed by atoms with E-state index in [0.717, 1.165) is 22.6 Å². The normalized spacial score (nSPS) is 16.3. The van der Waals surface area contributed by atoms with Crippen molar-refractivity contribution < 1.29 is 19.0 Å². The lowest BCUT2D eigenvalue weighted by atomic mass is 10.0. The lowest BCUT2D eigenvalue weighted by Crippen LogP contribution is -2.18. The smallest absolute Gasteiger partial charge is 0.303 e. The highest BCUT2D eigenvalue weighted by molar-refractivity contribution is 5.66. The molecule has 3 rings (SSSR count). The first-order chi connectivity index (χ1) is 10.7. The van der Waals surface area contributed by atoms with E-state index >= 15 is 0 Å². The summed E-state index contributed by atoms with van der Waals surface area (Å²) in [7, 11) is 0. The molecule has 22 heavy (non-hydrogen) atoms. The highest BCUT2D eigenvalue weighted by Crippen LogP contribution is 2.37. The van der Waals surface area contributed by atoms with Crippen molar-refractivity contribution in [2.24, 2.45) is 0 Å². The van der Waals surface area contributed by atoms with Crippen LogP contribution in [0.25, 0.3) is 0 Å². The number of ether oxygens (including phenoxy) is 3. The molecule has 0 aromatic heterocycles. The van der Waals surface area contributed by atoms with Gasteiger partial charge in [-0.25, -0.2) is 0 Å². The third kappa shape index (κ3) is 3.39. The number of hydrogen-bond acceptors (Lipinski definition) is 4. The molecule has 1 aliphatic heterocycles. The van der Waals surface area contributed by atoms with Gasteiger partial charge in [0.25, 0.3) is 0 Å². The van der Waals surface area contributed by atoms with Crippen LogP contribution in [0.1, 0.15) is 30.6 Å². The highest BCUT2D eigenvalue weighted by atomic mass is 16.5. The minimum Gasteiger partial charge on any atom is -0.493 e. The summed E-state index contributed by atoms with van der Waals surface area (Å²) in [6.07, 6.45) is 0.445. The summed E-state index contributed by atoms with van der Waals surface area (Å²) >= 11 is 0. The molecule has 0 amide bonds. The minimum absolute atomic E-state index is 0.232. The van der Waals surface area contributed by atoms with Gasteiger partial charge in [-0.15, -0.1) is 0 Å². The zero-order valence-electron chi connectivity index (χ0n) is 12.5. The van der Waals surface area contributed by atoms with Crippen LogP contribution in [0.4, 0.5) is 0 Å². The van der Waals surface area contributed by atoms with Crippen molar-refractivity contribution in [3.8, 4) is 11.5 Å². The van der Waals surface area contributed by atoms with Crippen LogP contribution < -0.4 is 9.47 Å². The Morgan fingerprint density at radius 3 is 2.82 bits per heavy atom. The molecule has 1 aliphatic rings. The number of hydrogen-bond donors (Lipinski definition) is 0. The maximum absolute atomic E-state index is 11.2. The second-order valence-electron chi connectivity index (χ2n) is 5.21. The second kappa shape index (κ2) is 6.52. The van der Waals surface area contributed by atoms with Gasteiger partial charge in [0.05, 0.1) is 6.61 Å². The van der Waals surface area contributed by atoms with Crippen molar-refractivity contribution >= 4 is 5.97 Å². The summed E-state index contributed by atoms with van der Waals surface area (Å²) in [5, 5.41) is 0. The Bertz CT molecular complexity index is 651. The molecular weight excluding hydrogens is 280 g/mol. The van der Waals surface area contributed by atoms with E-state index in [1.165, 1.54) is 6.92 Å². The second-order valence-corrected chi connectivity index (χ2v) is 5.21. The average molecular weight is 298 g/mol. The summed E-state index contributed by atoms with van der Waals surface area (Å²) in [6.45, 7) is 2.46. The van der Waals surface area contributed by atoms with Crippen LogP contribution in [0.5, 0.6) is 11.5 Å². The number of rotatable bonds is 4. The molecule has 1 atom stereocenters. The van der Waals surface area contributed by atoms with Crippen LogP contribution in [0.3, 0.4) is 0 Å². The van der Waals surface area contributed by atoms with Gasteiger partial charge in [-0.3, -0.25) is 4.79 Å². The number of carbonyl (C=O) groups excluding carboxylic acids is 1. The van der Waals surface area contributed by atoms with Gasteiger partial charge in [-0.2, -0.15) is 0 Å². The SMILES string of the molecule is CC(=O)O[C@H]1CCOc2cc(OCc3ccccc3)ccc21. The first-order valence-electron chi connectivity index (χ1n) is 7.33. The minimum atomic E-state index is -0.276. The van der Waals surface area contributed by atoms with Crippen LogP contribution in [0, 0.1) is 0 Å². The van der Waals surface area contributed by atoms with Gasteiger partial charge in [0.15, 0.2) is 0 Å². The molecule has 0 radical (unpaired) electrons. The van der Waals surface area contributed by atoms with Crippen LogP contribution >= 0.6 is 0 Å². The zero-order chi connectivity index (χ0) is 15.4. The topological polar surface area (TPSA) is 44.8 Å². The number of esters is 1. The first kappa shape index (κ1) is 14.4. The summed E-state index contributed by atoms with van der Waals surface area (Å²) in [6, 6.07) is 15.6. The molecule has 4 heteroatoms. The molecule has 0 saturated heterocycles. The van der Waals surface area contributed by atoms with Crippen molar-refractivity contribution in [2.45, 2.75) is 26.1 Å². The van der Waals surface area contributed by atoms with Gasteiger partial charge in [-0.05, 0) is 17.7 Å². The van der Waals surface area contributed by atoms with Gasteiger partial charge in [-0.1, -0.05) is 30.3 Å². The maximum Gasteiger partial charge on any atom is 0.303 e. The fourth-order valence-electron chi connectivity index (χ4n) is 2.49. The van der Waals surface area contributed by atoms with Gasteiger partial charge in [0.1, 0.15) is 24.2 Å². The van der Waals surface area contributed by atoms with Gasteiger partial charge in [0.2, 0.25) is 0 Å². The van der Waals surface area contributed by atoms with Gasteiger partial charge in [0, 0.05) is 25.0 Å². The molecule has 0 N–H and O–H groups in total. The lowest BCUT2D eigenvalue weighted by Gasteiger charge is -2.25. The van der Waals surface area contributed by atoms with Crippen molar-refractivity contribution in [3.05, 3.63) is 59.7 Å². The average Bonchev–Trinajstić information content (AvgIpc) is 2.53. The molecule has 4 nitrogen and oxygen atoms in total. The van der Waals surface area contributed by atoms with Crippen LogP contribution in [-0.2, 0) is 16.1 Å². The van der Waals surface area contributed by atoms with Crippen molar-refractivity contribution in [2.75, 3.05) is 6.61 Å². The van der Waals surface area contributed by atoms with E-state index in [4.69, 9.17) is 14.2 Å². The van der Waals surface area contributed by atoms with Crippen LogP contribution in [0.2, 0.25) is 0 Å². The molecule has 2 aromatic rings. The van der Waals surface area contributed by atoms with Crippen LogP contribution in [-0.4, -0.2) is 12.6 Å². The fraction of sp³-hybridized carbons (Fsp3) is 0.278. The predicted octanol–water partition coefficient (Wildman–Crippen LogP) is 3.65. The Labute approximate surface area is 129 Å².